The molecule has 0 saturated heterocycles. The molecule has 1 heterocycles. The largest absolute Gasteiger partial charge is 0.481 e. The maximum Gasteiger partial charge on any atom is 0.304 e. The van der Waals surface area contributed by atoms with Crippen LogP contribution in [0.1, 0.15) is 32.1 Å². The van der Waals surface area contributed by atoms with E-state index in [1.165, 1.54) is 0 Å². The summed E-state index contributed by atoms with van der Waals surface area (Å²) < 4.78 is 2.10. The van der Waals surface area contributed by atoms with Gasteiger partial charge < -0.3 is 9.67 Å². The normalized spacial score (nSPS) is 22.2. The van der Waals surface area contributed by atoms with Crippen LogP contribution in [-0.2, 0) is 11.3 Å². The molecule has 0 spiro atoms. The van der Waals surface area contributed by atoms with E-state index in [0.29, 0.717) is 0 Å². The molecular weight excluding hydrogens is 228 g/mol. The fourth-order valence-electron chi connectivity index (χ4n) is 2.53. The predicted octanol–water partition coefficient (Wildman–Crippen LogP) is 2.59. The van der Waals surface area contributed by atoms with Gasteiger partial charge >= 0.3 is 5.97 Å². The van der Waals surface area contributed by atoms with E-state index in [1.807, 2.05) is 24.5 Å². The van der Waals surface area contributed by atoms with Gasteiger partial charge in [0.05, 0.1) is 13.0 Å². The van der Waals surface area contributed by atoms with Crippen LogP contribution in [0.15, 0.2) is 29.5 Å². The Balaban J connectivity index is 1.89. The van der Waals surface area contributed by atoms with E-state index < -0.39 is 5.97 Å². The van der Waals surface area contributed by atoms with Gasteiger partial charge in [0.25, 0.3) is 0 Å². The van der Waals surface area contributed by atoms with Gasteiger partial charge in [0, 0.05) is 30.6 Å². The van der Waals surface area contributed by atoms with E-state index >= 15 is 0 Å². The van der Waals surface area contributed by atoms with Crippen LogP contribution in [0.3, 0.4) is 0 Å². The summed E-state index contributed by atoms with van der Waals surface area (Å²) in [5, 5.41) is 8.90. The lowest BCUT2D eigenvalue weighted by Crippen LogP contribution is -2.23. The Kier molecular flexibility index (Phi) is 4.56. The Morgan fingerprint density at radius 3 is 2.89 bits per heavy atom. The highest BCUT2D eigenvalue weighted by Gasteiger charge is 2.22. The first-order valence-corrected chi connectivity index (χ1v) is 6.61. The van der Waals surface area contributed by atoms with Crippen LogP contribution < -0.4 is 0 Å². The summed E-state index contributed by atoms with van der Waals surface area (Å²) in [4.78, 5) is 15.4. The third-order valence-electron chi connectivity index (χ3n) is 3.47. The van der Waals surface area contributed by atoms with Crippen LogP contribution in [0.25, 0.3) is 0 Å². The molecule has 0 bridgehead atoms. The molecule has 1 aliphatic carbocycles. The molecule has 1 aromatic rings. The maximum atomic E-state index is 10.8. The first kappa shape index (κ1) is 12.9. The van der Waals surface area contributed by atoms with Crippen LogP contribution in [0.5, 0.6) is 0 Å². The molecule has 18 heavy (non-hydrogen) atoms. The lowest BCUT2D eigenvalue weighted by Gasteiger charge is -2.22. The Hall–Kier alpha value is -1.58. The number of rotatable bonds is 5. The summed E-state index contributed by atoms with van der Waals surface area (Å²) in [6.07, 6.45) is 8.53. The Morgan fingerprint density at radius 2 is 2.17 bits per heavy atom. The van der Waals surface area contributed by atoms with Crippen molar-refractivity contribution in [2.24, 2.45) is 10.9 Å². The number of carboxylic acids is 1. The molecule has 1 aliphatic rings. The average molecular weight is 248 g/mol. The van der Waals surface area contributed by atoms with Gasteiger partial charge in [-0.2, -0.15) is 0 Å². The van der Waals surface area contributed by atoms with Crippen molar-refractivity contribution >= 4 is 11.7 Å². The van der Waals surface area contributed by atoms with Gasteiger partial charge in [-0.3, -0.25) is 9.79 Å². The smallest absolute Gasteiger partial charge is 0.304 e. The van der Waals surface area contributed by atoms with Gasteiger partial charge in [-0.25, -0.2) is 0 Å². The highest BCUT2D eigenvalue weighted by Crippen LogP contribution is 2.24. The Morgan fingerprint density at radius 1 is 1.39 bits per heavy atom. The number of aliphatic carboxylic acids is 1. The second-order valence-corrected chi connectivity index (χ2v) is 4.83. The zero-order chi connectivity index (χ0) is 12.8. The third-order valence-corrected chi connectivity index (χ3v) is 3.47. The van der Waals surface area contributed by atoms with Gasteiger partial charge in [-0.05, 0) is 31.4 Å². The van der Waals surface area contributed by atoms with Gasteiger partial charge in [0.1, 0.15) is 0 Å². The lowest BCUT2D eigenvalue weighted by atomic mass is 9.85. The van der Waals surface area contributed by atoms with E-state index in [-0.39, 0.29) is 12.3 Å². The molecule has 4 nitrogen and oxygen atoms in total. The zero-order valence-corrected chi connectivity index (χ0v) is 10.6. The first-order valence-electron chi connectivity index (χ1n) is 6.61. The number of carbonyl (C=O) groups is 1. The van der Waals surface area contributed by atoms with E-state index in [1.54, 1.807) is 0 Å². The van der Waals surface area contributed by atoms with Crippen LogP contribution in [0.2, 0.25) is 0 Å². The summed E-state index contributed by atoms with van der Waals surface area (Å²) in [6, 6.07) is 4.00. The predicted molar refractivity (Wildman–Crippen MR) is 70.9 cm³/mol. The molecule has 0 radical (unpaired) electrons. The minimum Gasteiger partial charge on any atom is -0.481 e. The summed E-state index contributed by atoms with van der Waals surface area (Å²) in [5.41, 5.74) is 1.12. The second-order valence-electron chi connectivity index (χ2n) is 4.83. The Labute approximate surface area is 107 Å². The maximum absolute atomic E-state index is 10.8. The average Bonchev–Trinajstić information content (AvgIpc) is 2.84. The van der Waals surface area contributed by atoms with E-state index in [0.717, 1.165) is 44.5 Å². The minimum absolute atomic E-state index is 0.168. The Bertz CT molecular complexity index is 409. The molecule has 0 amide bonds. The molecule has 2 rings (SSSR count). The van der Waals surface area contributed by atoms with Crippen molar-refractivity contribution in [2.45, 2.75) is 38.6 Å². The summed E-state index contributed by atoms with van der Waals surface area (Å²) >= 11 is 0. The quantitative estimate of drug-likeness (QED) is 0.870. The van der Waals surface area contributed by atoms with Crippen molar-refractivity contribution in [1.29, 1.82) is 0 Å². The van der Waals surface area contributed by atoms with Crippen molar-refractivity contribution in [3.63, 3.8) is 0 Å². The first-order chi connectivity index (χ1) is 8.75. The highest BCUT2D eigenvalue weighted by atomic mass is 16.4. The van der Waals surface area contributed by atoms with Gasteiger partial charge in [0.2, 0.25) is 0 Å². The molecule has 1 unspecified atom stereocenters. The van der Waals surface area contributed by atoms with Crippen LogP contribution in [0, 0.1) is 5.92 Å². The zero-order valence-electron chi connectivity index (χ0n) is 10.6. The molecule has 98 valence electrons. The molecule has 1 saturated carbocycles. The third kappa shape index (κ3) is 3.72. The number of nitrogens with zero attached hydrogens (tertiary/aromatic N) is 2. The van der Waals surface area contributed by atoms with E-state index in [4.69, 9.17) is 5.11 Å². The van der Waals surface area contributed by atoms with Crippen LogP contribution >= 0.6 is 0 Å². The fraction of sp³-hybridized carbons (Fsp3) is 0.571. The van der Waals surface area contributed by atoms with Crippen LogP contribution in [-0.4, -0.2) is 27.9 Å². The molecule has 0 aliphatic heterocycles. The van der Waals surface area contributed by atoms with E-state index in [2.05, 4.69) is 9.56 Å². The summed E-state index contributed by atoms with van der Waals surface area (Å²) in [6.45, 7) is 1.62. The molecule has 1 N–H and O–H groups in total. The van der Waals surface area contributed by atoms with Crippen molar-refractivity contribution in [1.82, 2.24) is 4.57 Å². The van der Waals surface area contributed by atoms with Crippen molar-refractivity contribution in [3.8, 4) is 0 Å². The van der Waals surface area contributed by atoms with Crippen LogP contribution in [0.4, 0.5) is 0 Å². The minimum atomic E-state index is -0.708. The number of carboxylic acid groups (broad SMARTS) is 1. The van der Waals surface area contributed by atoms with Gasteiger partial charge in [-0.15, -0.1) is 0 Å². The SMILES string of the molecule is O=C(O)CC1CCCCC1=NCCn1cccc1. The topological polar surface area (TPSA) is 54.6 Å². The number of aromatic nitrogens is 1. The van der Waals surface area contributed by atoms with E-state index in [9.17, 15) is 4.79 Å². The molecule has 1 aromatic heterocycles. The van der Waals surface area contributed by atoms with Gasteiger partial charge in [0.15, 0.2) is 0 Å². The summed E-state index contributed by atoms with van der Waals surface area (Å²) in [7, 11) is 0. The summed E-state index contributed by atoms with van der Waals surface area (Å²) in [5.74, 6) is -0.541. The lowest BCUT2D eigenvalue weighted by molar-refractivity contribution is -0.137. The highest BCUT2D eigenvalue weighted by molar-refractivity contribution is 5.90. The molecular formula is C14H20N2O2. The monoisotopic (exact) mass is 248 g/mol. The standard InChI is InChI=1S/C14H20N2O2/c17-14(18)11-12-5-1-2-6-13(12)15-7-10-16-8-3-4-9-16/h3-4,8-9,12H,1-2,5-7,10-11H2,(H,17,18). The van der Waals surface area contributed by atoms with Gasteiger partial charge in [-0.1, -0.05) is 6.42 Å². The molecule has 1 fully saturated rings. The molecule has 4 heteroatoms. The second kappa shape index (κ2) is 6.38. The van der Waals surface area contributed by atoms with Crippen molar-refractivity contribution in [3.05, 3.63) is 24.5 Å². The number of aliphatic imine (C=N–C) groups is 1. The molecule has 0 aromatic carbocycles. The van der Waals surface area contributed by atoms with Crippen molar-refractivity contribution < 1.29 is 9.90 Å². The fourth-order valence-corrected chi connectivity index (χ4v) is 2.53. The number of hydrogen-bond donors (Lipinski definition) is 1. The van der Waals surface area contributed by atoms with Crippen molar-refractivity contribution in [2.75, 3.05) is 6.54 Å². The number of hydrogen-bond acceptors (Lipinski definition) is 2. The molecule has 1 atom stereocenters.